The van der Waals surface area contributed by atoms with Crippen LogP contribution < -0.4 is 5.73 Å². The molecule has 3 nitrogen and oxygen atoms in total. The Morgan fingerprint density at radius 3 is 2.67 bits per heavy atom. The first-order valence-corrected chi connectivity index (χ1v) is 6.48. The minimum atomic E-state index is -0.253. The molecule has 0 aliphatic rings. The Labute approximate surface area is 110 Å². The van der Waals surface area contributed by atoms with Gasteiger partial charge in [0.1, 0.15) is 5.82 Å². The molecule has 0 amide bonds. The fourth-order valence-electron chi connectivity index (χ4n) is 1.53. The van der Waals surface area contributed by atoms with Crippen LogP contribution >= 0.6 is 11.8 Å². The molecule has 0 aliphatic heterocycles. The maximum atomic E-state index is 13.2. The molecule has 18 heavy (non-hydrogen) atoms. The van der Waals surface area contributed by atoms with Crippen molar-refractivity contribution in [2.75, 3.05) is 6.54 Å². The molecule has 1 atom stereocenters. The molecule has 2 N–H and O–H groups in total. The standard InChI is InChI=1S/C13H14FN3S/c1-9-7-16-13(17-8-9)18-12(6-15)10-3-2-4-11(14)5-10/h2-5,7-8,12H,6,15H2,1H3. The van der Waals surface area contributed by atoms with Gasteiger partial charge in [-0.15, -0.1) is 0 Å². The van der Waals surface area contributed by atoms with Crippen molar-refractivity contribution in [2.45, 2.75) is 17.3 Å². The zero-order valence-electron chi connectivity index (χ0n) is 10.0. The maximum Gasteiger partial charge on any atom is 0.188 e. The summed E-state index contributed by atoms with van der Waals surface area (Å²) >= 11 is 1.45. The van der Waals surface area contributed by atoms with E-state index in [4.69, 9.17) is 5.73 Å². The van der Waals surface area contributed by atoms with Crippen LogP contribution in [0.5, 0.6) is 0 Å². The van der Waals surface area contributed by atoms with Gasteiger partial charge in [0, 0.05) is 24.2 Å². The monoisotopic (exact) mass is 263 g/mol. The Morgan fingerprint density at radius 2 is 2.06 bits per heavy atom. The molecule has 2 aromatic rings. The van der Waals surface area contributed by atoms with Gasteiger partial charge in [0.25, 0.3) is 0 Å². The summed E-state index contributed by atoms with van der Waals surface area (Å²) < 4.78 is 13.2. The fraction of sp³-hybridized carbons (Fsp3) is 0.231. The van der Waals surface area contributed by atoms with Gasteiger partial charge in [0.2, 0.25) is 0 Å². The van der Waals surface area contributed by atoms with Crippen LogP contribution in [0.1, 0.15) is 16.4 Å². The third-order valence-electron chi connectivity index (χ3n) is 2.44. The Morgan fingerprint density at radius 1 is 1.33 bits per heavy atom. The normalized spacial score (nSPS) is 12.4. The topological polar surface area (TPSA) is 51.8 Å². The lowest BCUT2D eigenvalue weighted by molar-refractivity contribution is 0.625. The molecule has 1 heterocycles. The molecule has 5 heteroatoms. The van der Waals surface area contributed by atoms with Crippen molar-refractivity contribution in [3.8, 4) is 0 Å². The highest BCUT2D eigenvalue weighted by Gasteiger charge is 2.13. The predicted molar refractivity (Wildman–Crippen MR) is 70.8 cm³/mol. The molecule has 1 aromatic carbocycles. The molecule has 94 valence electrons. The Bertz CT molecular complexity index is 516. The minimum absolute atomic E-state index is 0.0385. The van der Waals surface area contributed by atoms with E-state index in [0.29, 0.717) is 11.7 Å². The van der Waals surface area contributed by atoms with Crippen LogP contribution in [0.15, 0.2) is 41.8 Å². The number of thioether (sulfide) groups is 1. The van der Waals surface area contributed by atoms with E-state index in [2.05, 4.69) is 9.97 Å². The van der Waals surface area contributed by atoms with E-state index in [0.717, 1.165) is 11.1 Å². The van der Waals surface area contributed by atoms with Gasteiger partial charge < -0.3 is 5.73 Å². The second-order valence-electron chi connectivity index (χ2n) is 3.94. The molecule has 1 aromatic heterocycles. The molecule has 0 aliphatic carbocycles. The van der Waals surface area contributed by atoms with Crippen LogP contribution in [-0.4, -0.2) is 16.5 Å². The minimum Gasteiger partial charge on any atom is -0.329 e. The number of aromatic nitrogens is 2. The second kappa shape index (κ2) is 5.93. The van der Waals surface area contributed by atoms with Crippen LogP contribution in [0.4, 0.5) is 4.39 Å². The number of nitrogens with two attached hydrogens (primary N) is 1. The number of benzene rings is 1. The molecule has 0 bridgehead atoms. The molecule has 0 fully saturated rings. The van der Waals surface area contributed by atoms with E-state index >= 15 is 0 Å². The summed E-state index contributed by atoms with van der Waals surface area (Å²) in [5, 5.41) is 0.615. The van der Waals surface area contributed by atoms with E-state index in [-0.39, 0.29) is 11.1 Å². The quantitative estimate of drug-likeness (QED) is 0.680. The van der Waals surface area contributed by atoms with Crippen molar-refractivity contribution in [3.63, 3.8) is 0 Å². The SMILES string of the molecule is Cc1cnc(SC(CN)c2cccc(F)c2)nc1. The van der Waals surface area contributed by atoms with Crippen LogP contribution in [0.25, 0.3) is 0 Å². The number of hydrogen-bond acceptors (Lipinski definition) is 4. The van der Waals surface area contributed by atoms with Crippen LogP contribution in [0.2, 0.25) is 0 Å². The number of hydrogen-bond donors (Lipinski definition) is 1. The third-order valence-corrected chi connectivity index (χ3v) is 3.61. The average Bonchev–Trinajstić information content (AvgIpc) is 2.38. The van der Waals surface area contributed by atoms with Crippen molar-refractivity contribution >= 4 is 11.8 Å². The van der Waals surface area contributed by atoms with Gasteiger partial charge in [0.05, 0.1) is 0 Å². The second-order valence-corrected chi connectivity index (χ2v) is 5.11. The average molecular weight is 263 g/mol. The molecular weight excluding hydrogens is 249 g/mol. The van der Waals surface area contributed by atoms with E-state index in [1.54, 1.807) is 18.5 Å². The summed E-state index contributed by atoms with van der Waals surface area (Å²) in [5.74, 6) is -0.253. The van der Waals surface area contributed by atoms with Crippen molar-refractivity contribution < 1.29 is 4.39 Å². The van der Waals surface area contributed by atoms with Crippen molar-refractivity contribution in [1.82, 2.24) is 9.97 Å². The number of nitrogens with zero attached hydrogens (tertiary/aromatic N) is 2. The van der Waals surface area contributed by atoms with Crippen molar-refractivity contribution in [2.24, 2.45) is 5.73 Å². The zero-order valence-corrected chi connectivity index (χ0v) is 10.8. The summed E-state index contributed by atoms with van der Waals surface area (Å²) in [4.78, 5) is 8.43. The predicted octanol–water partition coefficient (Wildman–Crippen LogP) is 2.72. The fourth-order valence-corrected chi connectivity index (χ4v) is 2.39. The van der Waals surface area contributed by atoms with E-state index in [9.17, 15) is 4.39 Å². The number of halogens is 1. The first-order valence-electron chi connectivity index (χ1n) is 5.60. The summed E-state index contributed by atoms with van der Waals surface area (Å²) in [5.41, 5.74) is 7.60. The van der Waals surface area contributed by atoms with E-state index in [1.165, 1.54) is 23.9 Å². The first kappa shape index (κ1) is 13.0. The Hall–Kier alpha value is -1.46. The third kappa shape index (κ3) is 3.27. The Kier molecular flexibility index (Phi) is 4.28. The van der Waals surface area contributed by atoms with Crippen molar-refractivity contribution in [1.29, 1.82) is 0 Å². The van der Waals surface area contributed by atoms with Gasteiger partial charge in [-0.25, -0.2) is 14.4 Å². The highest BCUT2D eigenvalue weighted by molar-refractivity contribution is 7.99. The molecule has 2 rings (SSSR count). The van der Waals surface area contributed by atoms with Gasteiger partial charge in [0.15, 0.2) is 5.16 Å². The van der Waals surface area contributed by atoms with Gasteiger partial charge in [-0.2, -0.15) is 0 Å². The lowest BCUT2D eigenvalue weighted by atomic mass is 10.1. The molecule has 0 saturated carbocycles. The van der Waals surface area contributed by atoms with Gasteiger partial charge in [-0.1, -0.05) is 23.9 Å². The largest absolute Gasteiger partial charge is 0.329 e. The summed E-state index contributed by atoms with van der Waals surface area (Å²) in [7, 11) is 0. The zero-order chi connectivity index (χ0) is 13.0. The van der Waals surface area contributed by atoms with Gasteiger partial charge >= 0.3 is 0 Å². The lowest BCUT2D eigenvalue weighted by Crippen LogP contribution is -2.10. The van der Waals surface area contributed by atoms with Gasteiger partial charge in [-0.05, 0) is 30.2 Å². The number of rotatable bonds is 4. The first-order chi connectivity index (χ1) is 8.69. The molecule has 0 spiro atoms. The maximum absolute atomic E-state index is 13.2. The van der Waals surface area contributed by atoms with Crippen molar-refractivity contribution in [3.05, 3.63) is 53.6 Å². The van der Waals surface area contributed by atoms with Crippen LogP contribution in [0, 0.1) is 12.7 Å². The highest BCUT2D eigenvalue weighted by atomic mass is 32.2. The smallest absolute Gasteiger partial charge is 0.188 e. The van der Waals surface area contributed by atoms with Crippen LogP contribution in [0.3, 0.4) is 0 Å². The molecule has 1 unspecified atom stereocenters. The molecular formula is C13H14FN3S. The van der Waals surface area contributed by atoms with E-state index in [1.807, 2.05) is 13.0 Å². The molecule has 0 radical (unpaired) electrons. The summed E-state index contributed by atoms with van der Waals surface area (Å²) in [6, 6.07) is 6.47. The lowest BCUT2D eigenvalue weighted by Gasteiger charge is -2.13. The Balaban J connectivity index is 2.17. The molecule has 0 saturated heterocycles. The summed E-state index contributed by atoms with van der Waals surface area (Å²) in [6.07, 6.45) is 3.52. The summed E-state index contributed by atoms with van der Waals surface area (Å²) in [6.45, 7) is 2.34. The number of aryl methyl sites for hydroxylation is 1. The van der Waals surface area contributed by atoms with Crippen LogP contribution in [-0.2, 0) is 0 Å². The highest BCUT2D eigenvalue weighted by Crippen LogP contribution is 2.32. The van der Waals surface area contributed by atoms with E-state index < -0.39 is 0 Å². The van der Waals surface area contributed by atoms with Gasteiger partial charge in [-0.3, -0.25) is 0 Å².